The van der Waals surface area contributed by atoms with E-state index in [4.69, 9.17) is 0 Å². The Morgan fingerprint density at radius 2 is 1.96 bits per heavy atom. The Bertz CT molecular complexity index is 728. The number of nitrogens with zero attached hydrogens (tertiary/aromatic N) is 4. The summed E-state index contributed by atoms with van der Waals surface area (Å²) in [5.41, 5.74) is 3.36. The third-order valence-corrected chi connectivity index (χ3v) is 4.19. The number of likely N-dealkylation sites (tertiary alicyclic amines) is 1. The molecule has 120 valence electrons. The van der Waals surface area contributed by atoms with Gasteiger partial charge in [0.15, 0.2) is 5.82 Å². The molecule has 1 N–H and O–H groups in total. The Morgan fingerprint density at radius 1 is 1.26 bits per heavy atom. The Labute approximate surface area is 135 Å². The maximum absolute atomic E-state index is 12.0. The molecule has 0 unspecified atom stereocenters. The van der Waals surface area contributed by atoms with E-state index in [0.717, 1.165) is 48.8 Å². The first-order valence-corrected chi connectivity index (χ1v) is 7.84. The molecule has 1 saturated heterocycles. The number of aromatic nitrogens is 4. The van der Waals surface area contributed by atoms with E-state index in [1.807, 2.05) is 11.8 Å². The van der Waals surface area contributed by atoms with Gasteiger partial charge in [0, 0.05) is 48.9 Å². The molecule has 0 saturated carbocycles. The molecular weight excluding hydrogens is 290 g/mol. The molecule has 6 nitrogen and oxygen atoms in total. The van der Waals surface area contributed by atoms with Crippen LogP contribution in [0.5, 0.6) is 0 Å². The molecule has 0 atom stereocenters. The van der Waals surface area contributed by atoms with Crippen molar-refractivity contribution in [2.45, 2.75) is 32.6 Å². The summed E-state index contributed by atoms with van der Waals surface area (Å²) in [7, 11) is 0. The Balaban J connectivity index is 1.79. The largest absolute Gasteiger partial charge is 0.341 e. The van der Waals surface area contributed by atoms with Gasteiger partial charge in [0.1, 0.15) is 5.69 Å². The predicted molar refractivity (Wildman–Crippen MR) is 87.7 cm³/mol. The molecule has 2 aromatic rings. The van der Waals surface area contributed by atoms with E-state index in [0.29, 0.717) is 11.5 Å². The lowest BCUT2D eigenvalue weighted by molar-refractivity contribution is -0.128. The number of hydrogen-bond donors (Lipinski definition) is 1. The van der Waals surface area contributed by atoms with Gasteiger partial charge in [-0.25, -0.2) is 9.97 Å². The molecule has 1 fully saturated rings. The van der Waals surface area contributed by atoms with Gasteiger partial charge in [-0.3, -0.25) is 9.78 Å². The number of carbonyl (C=O) groups excluding carboxylic acids is 1. The zero-order valence-electron chi connectivity index (χ0n) is 13.5. The molecule has 3 rings (SSSR count). The molecule has 0 aliphatic carbocycles. The lowest BCUT2D eigenvalue weighted by Crippen LogP contribution is -2.38. The molecule has 2 aromatic heterocycles. The number of aryl methyl sites for hydroxylation is 1. The molecule has 6 heteroatoms. The second-order valence-corrected chi connectivity index (χ2v) is 6.05. The highest BCUT2D eigenvalue weighted by Crippen LogP contribution is 2.31. The molecule has 1 amide bonds. The molecule has 1 aliphatic heterocycles. The standard InChI is InChI=1S/C17H21N5O/c1-11(2)17(23)22-8-4-13(5-9-22)14-15(19-7-6-18-14)16-20-10-12(3)21-16/h6-7,10,13H,1,4-5,8-9H2,2-3H3,(H,20,21). The second-order valence-electron chi connectivity index (χ2n) is 6.05. The van der Waals surface area contributed by atoms with Gasteiger partial charge in [0.2, 0.25) is 5.91 Å². The van der Waals surface area contributed by atoms with E-state index in [2.05, 4.69) is 26.5 Å². The number of carbonyl (C=O) groups is 1. The maximum Gasteiger partial charge on any atom is 0.248 e. The smallest absolute Gasteiger partial charge is 0.248 e. The SMILES string of the molecule is C=C(C)C(=O)N1CCC(c2nccnc2-c2ncc(C)[nH]2)CC1. The minimum absolute atomic E-state index is 0.0458. The van der Waals surface area contributed by atoms with Crippen LogP contribution in [0.2, 0.25) is 0 Å². The number of aromatic amines is 1. The van der Waals surface area contributed by atoms with Crippen LogP contribution in [0.4, 0.5) is 0 Å². The van der Waals surface area contributed by atoms with Crippen LogP contribution >= 0.6 is 0 Å². The first-order valence-electron chi connectivity index (χ1n) is 7.84. The van der Waals surface area contributed by atoms with Crippen molar-refractivity contribution in [3.8, 4) is 11.5 Å². The van der Waals surface area contributed by atoms with E-state index >= 15 is 0 Å². The maximum atomic E-state index is 12.0. The second kappa shape index (κ2) is 6.32. The van der Waals surface area contributed by atoms with Crippen LogP contribution in [0.15, 0.2) is 30.7 Å². The zero-order valence-corrected chi connectivity index (χ0v) is 13.5. The molecular formula is C17H21N5O. The number of rotatable bonds is 3. The van der Waals surface area contributed by atoms with Gasteiger partial charge >= 0.3 is 0 Å². The fraction of sp³-hybridized carbons (Fsp3) is 0.412. The molecule has 0 spiro atoms. The lowest BCUT2D eigenvalue weighted by Gasteiger charge is -2.32. The van der Waals surface area contributed by atoms with Crippen molar-refractivity contribution in [1.29, 1.82) is 0 Å². The summed E-state index contributed by atoms with van der Waals surface area (Å²) in [6, 6.07) is 0. The van der Waals surface area contributed by atoms with Crippen molar-refractivity contribution in [3.63, 3.8) is 0 Å². The van der Waals surface area contributed by atoms with E-state index in [1.165, 1.54) is 0 Å². The summed E-state index contributed by atoms with van der Waals surface area (Å²) in [6.45, 7) is 8.91. The molecule has 1 aliphatic rings. The van der Waals surface area contributed by atoms with Gasteiger partial charge in [-0.05, 0) is 26.7 Å². The van der Waals surface area contributed by atoms with E-state index in [-0.39, 0.29) is 5.91 Å². The topological polar surface area (TPSA) is 74.8 Å². The Hall–Kier alpha value is -2.50. The van der Waals surface area contributed by atoms with Crippen molar-refractivity contribution >= 4 is 5.91 Å². The first kappa shape index (κ1) is 15.4. The van der Waals surface area contributed by atoms with Gasteiger partial charge in [0.05, 0.1) is 5.69 Å². The fourth-order valence-corrected chi connectivity index (χ4v) is 2.99. The highest BCUT2D eigenvalue weighted by Gasteiger charge is 2.27. The van der Waals surface area contributed by atoms with Crippen LogP contribution in [0.25, 0.3) is 11.5 Å². The summed E-state index contributed by atoms with van der Waals surface area (Å²) in [6.07, 6.45) is 6.97. The highest BCUT2D eigenvalue weighted by atomic mass is 16.2. The Kier molecular flexibility index (Phi) is 4.23. The van der Waals surface area contributed by atoms with Crippen LogP contribution in [0.3, 0.4) is 0 Å². The van der Waals surface area contributed by atoms with E-state index in [9.17, 15) is 4.79 Å². The summed E-state index contributed by atoms with van der Waals surface area (Å²) in [5, 5.41) is 0. The molecule has 0 radical (unpaired) electrons. The normalized spacial score (nSPS) is 15.7. The van der Waals surface area contributed by atoms with Crippen LogP contribution in [0.1, 0.15) is 37.1 Å². The average Bonchev–Trinajstić information content (AvgIpc) is 3.00. The first-order chi connectivity index (χ1) is 11.1. The molecule has 0 aromatic carbocycles. The minimum Gasteiger partial charge on any atom is -0.341 e. The van der Waals surface area contributed by atoms with E-state index < -0.39 is 0 Å². The lowest BCUT2D eigenvalue weighted by atomic mass is 9.91. The van der Waals surface area contributed by atoms with Gasteiger partial charge in [0.25, 0.3) is 0 Å². The number of hydrogen-bond acceptors (Lipinski definition) is 4. The van der Waals surface area contributed by atoms with Crippen molar-refractivity contribution in [3.05, 3.63) is 42.1 Å². The summed E-state index contributed by atoms with van der Waals surface area (Å²) in [5.74, 6) is 1.09. The summed E-state index contributed by atoms with van der Waals surface area (Å²) in [4.78, 5) is 30.5. The quantitative estimate of drug-likeness (QED) is 0.884. The predicted octanol–water partition coefficient (Wildman–Crippen LogP) is 2.46. The van der Waals surface area contributed by atoms with Gasteiger partial charge in [-0.15, -0.1) is 0 Å². The molecule has 3 heterocycles. The third kappa shape index (κ3) is 3.16. The van der Waals surface area contributed by atoms with Crippen molar-refractivity contribution in [2.24, 2.45) is 0 Å². The average molecular weight is 311 g/mol. The monoisotopic (exact) mass is 311 g/mol. The number of amides is 1. The number of piperidine rings is 1. The van der Waals surface area contributed by atoms with Gasteiger partial charge in [-0.1, -0.05) is 6.58 Å². The third-order valence-electron chi connectivity index (χ3n) is 4.19. The zero-order chi connectivity index (χ0) is 16.4. The highest BCUT2D eigenvalue weighted by molar-refractivity contribution is 5.92. The van der Waals surface area contributed by atoms with Gasteiger partial charge in [-0.2, -0.15) is 0 Å². The van der Waals surface area contributed by atoms with Crippen LogP contribution in [-0.2, 0) is 4.79 Å². The van der Waals surface area contributed by atoms with Crippen LogP contribution < -0.4 is 0 Å². The Morgan fingerprint density at radius 3 is 2.57 bits per heavy atom. The van der Waals surface area contributed by atoms with Gasteiger partial charge < -0.3 is 9.88 Å². The minimum atomic E-state index is 0.0458. The summed E-state index contributed by atoms with van der Waals surface area (Å²) < 4.78 is 0. The van der Waals surface area contributed by atoms with Crippen molar-refractivity contribution in [1.82, 2.24) is 24.8 Å². The van der Waals surface area contributed by atoms with E-state index in [1.54, 1.807) is 25.5 Å². The number of nitrogens with one attached hydrogen (secondary N) is 1. The van der Waals surface area contributed by atoms with Crippen molar-refractivity contribution < 1.29 is 4.79 Å². The molecule has 0 bridgehead atoms. The van der Waals surface area contributed by atoms with Crippen LogP contribution in [0, 0.1) is 6.92 Å². The van der Waals surface area contributed by atoms with Crippen molar-refractivity contribution in [2.75, 3.05) is 13.1 Å². The number of imidazole rings is 1. The summed E-state index contributed by atoms with van der Waals surface area (Å²) >= 11 is 0. The number of H-pyrrole nitrogens is 1. The van der Waals surface area contributed by atoms with Crippen LogP contribution in [-0.4, -0.2) is 43.8 Å². The molecule has 23 heavy (non-hydrogen) atoms. The fourth-order valence-electron chi connectivity index (χ4n) is 2.99.